The second kappa shape index (κ2) is 6.99. The number of urea groups is 1. The molecule has 26 heavy (non-hydrogen) atoms. The van der Waals surface area contributed by atoms with Crippen molar-refractivity contribution in [2.75, 3.05) is 5.32 Å². The molecule has 4 rings (SSSR count). The number of carbonyl (C=O) groups is 1. The van der Waals surface area contributed by atoms with E-state index in [9.17, 15) is 4.79 Å². The zero-order valence-electron chi connectivity index (χ0n) is 14.5. The van der Waals surface area contributed by atoms with Crippen molar-refractivity contribution in [1.82, 2.24) is 29.6 Å². The first-order chi connectivity index (χ1) is 12.7. The van der Waals surface area contributed by atoms with E-state index in [-0.39, 0.29) is 12.1 Å². The van der Waals surface area contributed by atoms with Crippen LogP contribution in [0.4, 0.5) is 10.5 Å². The van der Waals surface area contributed by atoms with Gasteiger partial charge in [-0.3, -0.25) is 0 Å². The number of nitrogens with one attached hydrogen (secondary N) is 2. The van der Waals surface area contributed by atoms with Crippen LogP contribution in [0.3, 0.4) is 0 Å². The molecule has 0 saturated heterocycles. The monoisotopic (exact) mass is 351 g/mol. The fraction of sp³-hybridized carbons (Fsp3) is 0.333. The van der Waals surface area contributed by atoms with Crippen LogP contribution in [0.1, 0.15) is 31.6 Å². The van der Waals surface area contributed by atoms with Crippen molar-refractivity contribution in [2.24, 2.45) is 5.92 Å². The Morgan fingerprint density at radius 2 is 2.12 bits per heavy atom. The molecule has 2 heterocycles. The molecule has 0 radical (unpaired) electrons. The van der Waals surface area contributed by atoms with E-state index in [1.165, 1.54) is 0 Å². The summed E-state index contributed by atoms with van der Waals surface area (Å²) in [6, 6.07) is 7.27. The summed E-state index contributed by atoms with van der Waals surface area (Å²) in [5.74, 6) is 1.25. The van der Waals surface area contributed by atoms with Crippen LogP contribution in [-0.4, -0.2) is 30.3 Å². The molecule has 1 atom stereocenters. The molecule has 2 amide bonds. The summed E-state index contributed by atoms with van der Waals surface area (Å²) in [5.41, 5.74) is 1.72. The van der Waals surface area contributed by atoms with Crippen LogP contribution in [-0.2, 0) is 6.54 Å². The fourth-order valence-electron chi connectivity index (χ4n) is 3.02. The molecule has 0 bridgehead atoms. The van der Waals surface area contributed by atoms with Crippen molar-refractivity contribution in [3.8, 4) is 5.69 Å². The van der Waals surface area contributed by atoms with Crippen LogP contribution in [0, 0.1) is 5.92 Å². The first kappa shape index (κ1) is 16.3. The number of hydrogen-bond acceptors (Lipinski definition) is 4. The van der Waals surface area contributed by atoms with Gasteiger partial charge in [0.05, 0.1) is 12.4 Å². The number of nitrogens with zero attached hydrogens (tertiary/aromatic N) is 5. The van der Waals surface area contributed by atoms with Gasteiger partial charge in [0.15, 0.2) is 0 Å². The van der Waals surface area contributed by atoms with Gasteiger partial charge in [0.2, 0.25) is 0 Å². The molecule has 3 aromatic rings. The Bertz CT molecular complexity index is 865. The Morgan fingerprint density at radius 3 is 2.77 bits per heavy atom. The maximum absolute atomic E-state index is 12.5. The third-order valence-corrected chi connectivity index (χ3v) is 4.53. The van der Waals surface area contributed by atoms with Crippen LogP contribution in [0.15, 0.2) is 49.3 Å². The fourth-order valence-corrected chi connectivity index (χ4v) is 3.02. The van der Waals surface area contributed by atoms with Crippen molar-refractivity contribution in [3.05, 3.63) is 55.1 Å². The van der Waals surface area contributed by atoms with E-state index in [0.717, 1.165) is 36.6 Å². The van der Waals surface area contributed by atoms with Crippen molar-refractivity contribution in [3.63, 3.8) is 0 Å². The molecule has 1 saturated carbocycles. The van der Waals surface area contributed by atoms with Gasteiger partial charge in [0, 0.05) is 30.3 Å². The molecular weight excluding hydrogens is 330 g/mol. The number of imidazole rings is 1. The van der Waals surface area contributed by atoms with Gasteiger partial charge in [-0.15, -0.1) is 0 Å². The Morgan fingerprint density at radius 1 is 1.31 bits per heavy atom. The van der Waals surface area contributed by atoms with E-state index >= 15 is 0 Å². The molecule has 8 heteroatoms. The molecule has 2 aromatic heterocycles. The van der Waals surface area contributed by atoms with E-state index in [2.05, 4.69) is 25.7 Å². The summed E-state index contributed by atoms with van der Waals surface area (Å²) < 4.78 is 3.74. The summed E-state index contributed by atoms with van der Waals surface area (Å²) in [4.78, 5) is 20.9. The Balaban J connectivity index is 1.42. The molecule has 8 nitrogen and oxygen atoms in total. The second-order valence-corrected chi connectivity index (χ2v) is 6.36. The SMILES string of the molecule is CCn1ncnc1[C@H](NC(=O)Nc1ccc(-n2ccnc2)cc1)C1CC1. The summed E-state index contributed by atoms with van der Waals surface area (Å²) in [7, 11) is 0. The minimum absolute atomic E-state index is 0.109. The highest BCUT2D eigenvalue weighted by atomic mass is 16.2. The summed E-state index contributed by atoms with van der Waals surface area (Å²) in [6.45, 7) is 2.75. The minimum atomic E-state index is -0.233. The van der Waals surface area contributed by atoms with Gasteiger partial charge in [0.1, 0.15) is 12.2 Å². The van der Waals surface area contributed by atoms with E-state index < -0.39 is 0 Å². The number of amides is 2. The number of aromatic nitrogens is 5. The molecule has 1 aliphatic carbocycles. The highest BCUT2D eigenvalue weighted by Crippen LogP contribution is 2.40. The molecule has 1 aromatic carbocycles. The minimum Gasteiger partial charge on any atom is -0.328 e. The largest absolute Gasteiger partial charge is 0.328 e. The van der Waals surface area contributed by atoms with Gasteiger partial charge >= 0.3 is 6.03 Å². The molecule has 0 unspecified atom stereocenters. The second-order valence-electron chi connectivity index (χ2n) is 6.36. The number of anilines is 1. The zero-order valence-corrected chi connectivity index (χ0v) is 14.5. The van der Waals surface area contributed by atoms with Crippen molar-refractivity contribution in [2.45, 2.75) is 32.4 Å². The maximum atomic E-state index is 12.5. The summed E-state index contributed by atoms with van der Waals surface area (Å²) >= 11 is 0. The Kier molecular flexibility index (Phi) is 4.39. The lowest BCUT2D eigenvalue weighted by atomic mass is 10.1. The predicted octanol–water partition coefficient (Wildman–Crippen LogP) is 2.76. The first-order valence-corrected chi connectivity index (χ1v) is 8.78. The number of rotatable bonds is 6. The van der Waals surface area contributed by atoms with Gasteiger partial charge in [-0.1, -0.05) is 0 Å². The van der Waals surface area contributed by atoms with E-state index in [1.807, 2.05) is 46.6 Å². The van der Waals surface area contributed by atoms with Gasteiger partial charge in [-0.05, 0) is 49.9 Å². The third-order valence-electron chi connectivity index (χ3n) is 4.53. The molecule has 2 N–H and O–H groups in total. The van der Waals surface area contributed by atoms with Crippen molar-refractivity contribution in [1.29, 1.82) is 0 Å². The van der Waals surface area contributed by atoms with Crippen LogP contribution in [0.5, 0.6) is 0 Å². The highest BCUT2D eigenvalue weighted by molar-refractivity contribution is 5.89. The first-order valence-electron chi connectivity index (χ1n) is 8.78. The average molecular weight is 351 g/mol. The summed E-state index contributed by atoms with van der Waals surface area (Å²) in [6.07, 6.45) is 9.08. The quantitative estimate of drug-likeness (QED) is 0.714. The predicted molar refractivity (Wildman–Crippen MR) is 96.9 cm³/mol. The number of carbonyl (C=O) groups excluding carboxylic acids is 1. The van der Waals surface area contributed by atoms with Gasteiger partial charge in [0.25, 0.3) is 0 Å². The van der Waals surface area contributed by atoms with Crippen LogP contribution in [0.25, 0.3) is 5.69 Å². The molecule has 0 aliphatic heterocycles. The lowest BCUT2D eigenvalue weighted by molar-refractivity contribution is 0.246. The molecule has 0 spiro atoms. The number of aryl methyl sites for hydroxylation is 1. The molecular formula is C18H21N7O. The molecule has 1 fully saturated rings. The van der Waals surface area contributed by atoms with Crippen molar-refractivity contribution < 1.29 is 4.79 Å². The average Bonchev–Trinajstić information content (AvgIpc) is 3.15. The lowest BCUT2D eigenvalue weighted by Crippen LogP contribution is -2.35. The Labute approximate surface area is 151 Å². The van der Waals surface area contributed by atoms with Crippen molar-refractivity contribution >= 4 is 11.7 Å². The normalized spacial score (nSPS) is 14.8. The molecule has 1 aliphatic rings. The van der Waals surface area contributed by atoms with E-state index in [4.69, 9.17) is 0 Å². The van der Waals surface area contributed by atoms with Crippen LogP contribution in [0.2, 0.25) is 0 Å². The third kappa shape index (κ3) is 3.44. The molecule has 134 valence electrons. The standard InChI is InChI=1S/C18H21N7O/c1-2-25-17(20-11-21-25)16(13-3-4-13)23-18(26)22-14-5-7-15(8-6-14)24-10-9-19-12-24/h5-13,16H,2-4H2,1H3,(H2,22,23,26)/t16-/m1/s1. The lowest BCUT2D eigenvalue weighted by Gasteiger charge is -2.18. The Hall–Kier alpha value is -3.16. The van der Waals surface area contributed by atoms with Gasteiger partial charge in [-0.2, -0.15) is 5.10 Å². The number of hydrogen-bond donors (Lipinski definition) is 2. The van der Waals surface area contributed by atoms with E-state index in [0.29, 0.717) is 5.92 Å². The van der Waals surface area contributed by atoms with Gasteiger partial charge < -0.3 is 15.2 Å². The topological polar surface area (TPSA) is 89.7 Å². The number of benzene rings is 1. The van der Waals surface area contributed by atoms with Crippen LogP contribution < -0.4 is 10.6 Å². The van der Waals surface area contributed by atoms with E-state index in [1.54, 1.807) is 18.9 Å². The van der Waals surface area contributed by atoms with Crippen LogP contribution >= 0.6 is 0 Å². The highest BCUT2D eigenvalue weighted by Gasteiger charge is 2.36. The summed E-state index contributed by atoms with van der Waals surface area (Å²) in [5, 5.41) is 10.2. The zero-order chi connectivity index (χ0) is 17.9. The maximum Gasteiger partial charge on any atom is 0.319 e. The van der Waals surface area contributed by atoms with Gasteiger partial charge in [-0.25, -0.2) is 19.4 Å². The smallest absolute Gasteiger partial charge is 0.319 e.